The van der Waals surface area contributed by atoms with E-state index in [-0.39, 0.29) is 18.2 Å². The minimum atomic E-state index is -0.534. The van der Waals surface area contributed by atoms with Gasteiger partial charge < -0.3 is 20.2 Å². The van der Waals surface area contributed by atoms with Crippen LogP contribution in [0.15, 0.2) is 83.3 Å². The predicted molar refractivity (Wildman–Crippen MR) is 149 cm³/mol. The van der Waals surface area contributed by atoms with Gasteiger partial charge in [-0.25, -0.2) is 0 Å². The summed E-state index contributed by atoms with van der Waals surface area (Å²) in [5, 5.41) is 25.6. The fraction of sp³-hybridized carbons (Fsp3) is 0.226. The van der Waals surface area contributed by atoms with Crippen molar-refractivity contribution in [2.75, 3.05) is 6.61 Å². The first-order chi connectivity index (χ1) is 18.4. The van der Waals surface area contributed by atoms with Gasteiger partial charge >= 0.3 is 0 Å². The molecule has 0 fully saturated rings. The Balaban J connectivity index is 1.42. The van der Waals surface area contributed by atoms with Gasteiger partial charge in [-0.3, -0.25) is 4.79 Å². The van der Waals surface area contributed by atoms with Gasteiger partial charge in [0.25, 0.3) is 5.91 Å². The molecule has 0 radical (unpaired) electrons. The molecule has 3 aromatic carbocycles. The average molecular weight is 528 g/mol. The second-order valence-corrected chi connectivity index (χ2v) is 9.75. The molecule has 194 valence electrons. The van der Waals surface area contributed by atoms with E-state index in [0.29, 0.717) is 29.3 Å². The number of amides is 1. The maximum Gasteiger partial charge on any atom is 0.253 e. The average Bonchev–Trinajstić information content (AvgIpc) is 3.41. The van der Waals surface area contributed by atoms with Crippen LogP contribution < -0.4 is 10.6 Å². The largest absolute Gasteiger partial charge is 0.460 e. The maximum absolute atomic E-state index is 13.1. The molecule has 1 unspecified atom stereocenters. The number of aryl methyl sites for hydroxylation is 1. The van der Waals surface area contributed by atoms with E-state index in [1.54, 1.807) is 36.4 Å². The first kappa shape index (κ1) is 27.2. The van der Waals surface area contributed by atoms with E-state index in [1.165, 1.54) is 11.1 Å². The van der Waals surface area contributed by atoms with Crippen LogP contribution in [-0.2, 0) is 13.0 Å². The van der Waals surface area contributed by atoms with Gasteiger partial charge in [0.05, 0.1) is 41.4 Å². The van der Waals surface area contributed by atoms with Gasteiger partial charge in [0.15, 0.2) is 0 Å². The summed E-state index contributed by atoms with van der Waals surface area (Å²) in [4.78, 5) is 13.1. The van der Waals surface area contributed by atoms with Gasteiger partial charge in [0.2, 0.25) is 0 Å². The van der Waals surface area contributed by atoms with Gasteiger partial charge in [0, 0.05) is 11.6 Å². The van der Waals surface area contributed by atoms with Crippen molar-refractivity contribution in [3.05, 3.63) is 117 Å². The maximum atomic E-state index is 13.1. The van der Waals surface area contributed by atoms with Gasteiger partial charge in [0.1, 0.15) is 11.5 Å². The topological polar surface area (TPSA) is 98.3 Å². The molecule has 0 bridgehead atoms. The summed E-state index contributed by atoms with van der Waals surface area (Å²) >= 11 is 6.36. The number of nitriles is 1. The van der Waals surface area contributed by atoms with E-state index in [4.69, 9.17) is 21.3 Å². The number of aliphatic hydroxyl groups excluding tert-OH is 1. The van der Waals surface area contributed by atoms with Crippen molar-refractivity contribution >= 4 is 17.5 Å². The number of rotatable bonds is 10. The molecule has 1 heterocycles. The second-order valence-electron chi connectivity index (χ2n) is 9.34. The molecule has 0 saturated carbocycles. The highest BCUT2D eigenvalue weighted by atomic mass is 35.5. The van der Waals surface area contributed by atoms with Crippen molar-refractivity contribution in [1.29, 1.82) is 5.26 Å². The van der Waals surface area contributed by atoms with E-state index < -0.39 is 11.9 Å². The molecule has 0 aliphatic carbocycles. The van der Waals surface area contributed by atoms with Crippen LogP contribution in [0.3, 0.4) is 0 Å². The van der Waals surface area contributed by atoms with Gasteiger partial charge in [-0.2, -0.15) is 5.26 Å². The smallest absolute Gasteiger partial charge is 0.253 e. The van der Waals surface area contributed by atoms with Gasteiger partial charge in [-0.05, 0) is 73.9 Å². The van der Waals surface area contributed by atoms with Crippen LogP contribution in [0.5, 0.6) is 0 Å². The molecule has 1 aromatic heterocycles. The lowest BCUT2D eigenvalue weighted by Crippen LogP contribution is -2.39. The first-order valence-electron chi connectivity index (χ1n) is 12.5. The lowest BCUT2D eigenvalue weighted by atomic mass is 10.0. The lowest BCUT2D eigenvalue weighted by Gasteiger charge is -2.17. The van der Waals surface area contributed by atoms with Crippen LogP contribution in [-0.4, -0.2) is 23.7 Å². The third-order valence-electron chi connectivity index (χ3n) is 6.41. The second kappa shape index (κ2) is 12.6. The van der Waals surface area contributed by atoms with Crippen LogP contribution in [0.25, 0.3) is 11.3 Å². The number of benzene rings is 3. The summed E-state index contributed by atoms with van der Waals surface area (Å²) in [6.45, 7) is 4.48. The Morgan fingerprint density at radius 2 is 1.87 bits per heavy atom. The van der Waals surface area contributed by atoms with Crippen LogP contribution in [0, 0.1) is 18.3 Å². The van der Waals surface area contributed by atoms with E-state index in [0.717, 1.165) is 16.9 Å². The highest BCUT2D eigenvalue weighted by Crippen LogP contribution is 2.27. The number of hydrogen-bond acceptors (Lipinski definition) is 5. The van der Waals surface area contributed by atoms with Crippen molar-refractivity contribution in [2.45, 2.75) is 38.9 Å². The standard InChI is InChI=1S/C31H30ClN3O3/c1-20-6-8-24(9-7-20)21(2)34-18-27-11-13-30(38-27)25-10-12-29(32)28(16-25)31(37)35-26(19-36)15-22-4-3-5-23(14-22)17-33/h3-14,16,21,26,34,36H,15,18-19H2,1-2H3,(H,35,37)/t21?,26-/m1/s1. The van der Waals surface area contributed by atoms with E-state index in [1.807, 2.05) is 18.2 Å². The van der Waals surface area contributed by atoms with Crippen molar-refractivity contribution in [2.24, 2.45) is 0 Å². The highest BCUT2D eigenvalue weighted by molar-refractivity contribution is 6.34. The Morgan fingerprint density at radius 1 is 1.08 bits per heavy atom. The van der Waals surface area contributed by atoms with Crippen molar-refractivity contribution in [3.63, 3.8) is 0 Å². The zero-order valence-electron chi connectivity index (χ0n) is 21.4. The van der Waals surface area contributed by atoms with Gasteiger partial charge in [-0.15, -0.1) is 0 Å². The summed E-state index contributed by atoms with van der Waals surface area (Å²) < 4.78 is 6.05. The quantitative estimate of drug-likeness (QED) is 0.236. The number of carbonyl (C=O) groups excluding carboxylic acids is 1. The highest BCUT2D eigenvalue weighted by Gasteiger charge is 2.18. The third-order valence-corrected chi connectivity index (χ3v) is 6.74. The molecule has 6 nitrogen and oxygen atoms in total. The number of halogens is 1. The Morgan fingerprint density at radius 3 is 2.61 bits per heavy atom. The number of carbonyl (C=O) groups is 1. The molecule has 7 heteroatoms. The van der Waals surface area contributed by atoms with E-state index in [9.17, 15) is 9.90 Å². The summed E-state index contributed by atoms with van der Waals surface area (Å²) in [5.74, 6) is 1.01. The molecule has 2 atom stereocenters. The van der Waals surface area contributed by atoms with Crippen molar-refractivity contribution in [3.8, 4) is 17.4 Å². The van der Waals surface area contributed by atoms with Crippen molar-refractivity contribution in [1.82, 2.24) is 10.6 Å². The zero-order chi connectivity index (χ0) is 27.1. The SMILES string of the molecule is Cc1ccc(C(C)NCc2ccc(-c3ccc(Cl)c(C(=O)N[C@@H](CO)Cc4cccc(C#N)c4)c3)o2)cc1. The minimum Gasteiger partial charge on any atom is -0.460 e. The molecule has 3 N–H and O–H groups in total. The molecule has 0 aliphatic heterocycles. The fourth-order valence-electron chi connectivity index (χ4n) is 4.18. The molecule has 38 heavy (non-hydrogen) atoms. The number of hydrogen-bond donors (Lipinski definition) is 3. The molecule has 0 aliphatic rings. The van der Waals surface area contributed by atoms with E-state index in [2.05, 4.69) is 54.8 Å². The lowest BCUT2D eigenvalue weighted by molar-refractivity contribution is 0.0916. The predicted octanol–water partition coefficient (Wildman–Crippen LogP) is 5.96. The Hall–Kier alpha value is -3.89. The molecular weight excluding hydrogens is 498 g/mol. The number of nitrogens with one attached hydrogen (secondary N) is 2. The Bertz CT molecular complexity index is 1440. The van der Waals surface area contributed by atoms with Crippen LogP contribution >= 0.6 is 11.6 Å². The summed E-state index contributed by atoms with van der Waals surface area (Å²) in [5.41, 5.74) is 4.81. The first-order valence-corrected chi connectivity index (χ1v) is 12.8. The Kier molecular flexibility index (Phi) is 8.98. The summed E-state index contributed by atoms with van der Waals surface area (Å²) in [6, 6.07) is 26.2. The molecule has 4 aromatic rings. The zero-order valence-corrected chi connectivity index (χ0v) is 22.1. The van der Waals surface area contributed by atoms with Crippen LogP contribution in [0.2, 0.25) is 5.02 Å². The molecular formula is C31H30ClN3O3. The summed E-state index contributed by atoms with van der Waals surface area (Å²) in [7, 11) is 0. The molecule has 1 amide bonds. The van der Waals surface area contributed by atoms with Crippen LogP contribution in [0.1, 0.15) is 51.3 Å². The normalized spacial score (nSPS) is 12.5. The molecule has 4 rings (SSSR count). The Labute approximate surface area is 227 Å². The monoisotopic (exact) mass is 527 g/mol. The molecule has 0 spiro atoms. The number of furan rings is 1. The molecule has 0 saturated heterocycles. The van der Waals surface area contributed by atoms with E-state index >= 15 is 0 Å². The third kappa shape index (κ3) is 6.90. The van der Waals surface area contributed by atoms with Crippen LogP contribution in [0.4, 0.5) is 0 Å². The fourth-order valence-corrected chi connectivity index (χ4v) is 4.39. The number of nitrogens with zero attached hydrogens (tertiary/aromatic N) is 1. The summed E-state index contributed by atoms with van der Waals surface area (Å²) in [6.07, 6.45) is 0.380. The van der Waals surface area contributed by atoms with Crippen molar-refractivity contribution < 1.29 is 14.3 Å². The minimum absolute atomic E-state index is 0.164. The number of aliphatic hydroxyl groups is 1. The van der Waals surface area contributed by atoms with Gasteiger partial charge in [-0.1, -0.05) is 53.6 Å².